The highest BCUT2D eigenvalue weighted by Gasteiger charge is 2.43. The predicted molar refractivity (Wildman–Crippen MR) is 104 cm³/mol. The maximum absolute atomic E-state index is 13.0. The molecule has 6 nitrogen and oxygen atoms in total. The summed E-state index contributed by atoms with van der Waals surface area (Å²) in [7, 11) is 3.90. The van der Waals surface area contributed by atoms with Gasteiger partial charge in [-0.05, 0) is 56.2 Å². The number of carbonyl (C=O) groups excluding carboxylic acids is 2. The third kappa shape index (κ3) is 3.89. The average molecular weight is 386 g/mol. The van der Waals surface area contributed by atoms with Crippen LogP contribution < -0.4 is 0 Å². The minimum absolute atomic E-state index is 0.0954. The van der Waals surface area contributed by atoms with Crippen molar-refractivity contribution in [3.05, 3.63) is 63.6 Å². The first-order chi connectivity index (χ1) is 12.9. The molecular formula is C20H22N2O4S. The van der Waals surface area contributed by atoms with E-state index in [1.54, 1.807) is 29.6 Å². The molecule has 1 atom stereocenters. The van der Waals surface area contributed by atoms with E-state index < -0.39 is 17.7 Å². The summed E-state index contributed by atoms with van der Waals surface area (Å²) in [5, 5.41) is 21.9. The number of Topliss-reactive ketones (excluding diaryl/α,β-unsaturated/α-hetero) is 1. The number of carbonyl (C=O) groups is 2. The van der Waals surface area contributed by atoms with Crippen molar-refractivity contribution in [2.75, 3.05) is 27.2 Å². The van der Waals surface area contributed by atoms with Crippen LogP contribution in [0.1, 0.15) is 27.7 Å². The van der Waals surface area contributed by atoms with Crippen LogP contribution >= 0.6 is 11.3 Å². The fourth-order valence-electron chi connectivity index (χ4n) is 3.22. The van der Waals surface area contributed by atoms with Gasteiger partial charge in [-0.15, -0.1) is 11.3 Å². The zero-order chi connectivity index (χ0) is 19.6. The lowest BCUT2D eigenvalue weighted by atomic mass is 9.95. The molecule has 0 saturated heterocycles. The smallest absolute Gasteiger partial charge is 0.290 e. The van der Waals surface area contributed by atoms with Gasteiger partial charge in [0, 0.05) is 6.54 Å². The molecule has 1 aromatic heterocycles. The fourth-order valence-corrected chi connectivity index (χ4v) is 3.90. The molecule has 2 aromatic rings. The number of benzene rings is 1. The number of hydrogen-bond donors (Lipinski definition) is 2. The highest BCUT2D eigenvalue weighted by atomic mass is 32.1. The molecule has 1 amide bonds. The Morgan fingerprint density at radius 1 is 1.19 bits per heavy atom. The summed E-state index contributed by atoms with van der Waals surface area (Å²) in [6.45, 7) is 1.19. The number of amides is 1. The molecule has 3 rings (SSSR count). The van der Waals surface area contributed by atoms with Gasteiger partial charge in [0.15, 0.2) is 5.76 Å². The van der Waals surface area contributed by atoms with Gasteiger partial charge in [-0.2, -0.15) is 0 Å². The number of nitrogens with zero attached hydrogens (tertiary/aromatic N) is 2. The predicted octanol–water partition coefficient (Wildman–Crippen LogP) is 2.98. The van der Waals surface area contributed by atoms with Crippen LogP contribution in [0.25, 0.3) is 0 Å². The maximum atomic E-state index is 13.0. The summed E-state index contributed by atoms with van der Waals surface area (Å²) in [5.41, 5.74) is 0.771. The number of aromatic hydroxyl groups is 1. The van der Waals surface area contributed by atoms with E-state index in [2.05, 4.69) is 0 Å². The first-order valence-electron chi connectivity index (χ1n) is 8.66. The van der Waals surface area contributed by atoms with E-state index in [1.807, 2.05) is 19.0 Å². The van der Waals surface area contributed by atoms with Crippen molar-refractivity contribution in [3.63, 3.8) is 0 Å². The maximum Gasteiger partial charge on any atom is 0.290 e. The molecule has 0 spiro atoms. The van der Waals surface area contributed by atoms with Crippen molar-refractivity contribution in [2.45, 2.75) is 12.5 Å². The Kier molecular flexibility index (Phi) is 5.62. The normalized spacial score (nSPS) is 17.2. The number of thiophene rings is 1. The van der Waals surface area contributed by atoms with Crippen LogP contribution in [-0.2, 0) is 4.79 Å². The molecule has 2 N–H and O–H groups in total. The van der Waals surface area contributed by atoms with Crippen LogP contribution in [0.4, 0.5) is 0 Å². The Hall–Kier alpha value is -2.64. The van der Waals surface area contributed by atoms with E-state index in [9.17, 15) is 19.8 Å². The summed E-state index contributed by atoms with van der Waals surface area (Å²) >= 11 is 1.27. The second-order valence-electron chi connectivity index (χ2n) is 6.72. The standard InChI is InChI=1S/C20H22N2O4S/c1-21(2)10-4-11-22-17(13-6-8-14(23)9-7-13)16(19(25)20(22)26)18(24)15-5-3-12-27-15/h3,5-9,12,17,23,25H,4,10-11H2,1-2H3. The number of ketones is 1. The second-order valence-corrected chi connectivity index (χ2v) is 7.67. The number of aliphatic hydroxyl groups is 1. The van der Waals surface area contributed by atoms with Crippen molar-refractivity contribution in [1.82, 2.24) is 9.80 Å². The van der Waals surface area contributed by atoms with Gasteiger partial charge < -0.3 is 20.0 Å². The monoisotopic (exact) mass is 386 g/mol. The summed E-state index contributed by atoms with van der Waals surface area (Å²) in [6.07, 6.45) is 0.709. The molecule has 0 radical (unpaired) electrons. The molecule has 7 heteroatoms. The van der Waals surface area contributed by atoms with Gasteiger partial charge in [0.1, 0.15) is 5.75 Å². The Labute approximate surface area is 162 Å². The third-order valence-electron chi connectivity index (χ3n) is 4.51. The van der Waals surface area contributed by atoms with Crippen molar-refractivity contribution in [3.8, 4) is 5.75 Å². The van der Waals surface area contributed by atoms with E-state index in [4.69, 9.17) is 0 Å². The van der Waals surface area contributed by atoms with Gasteiger partial charge in [0.2, 0.25) is 5.78 Å². The average Bonchev–Trinajstić information content (AvgIpc) is 3.25. The van der Waals surface area contributed by atoms with Gasteiger partial charge >= 0.3 is 0 Å². The number of aliphatic hydroxyl groups excluding tert-OH is 1. The molecule has 0 aliphatic carbocycles. The topological polar surface area (TPSA) is 81.1 Å². The van der Waals surface area contributed by atoms with E-state index in [1.165, 1.54) is 28.4 Å². The fraction of sp³-hybridized carbons (Fsp3) is 0.300. The van der Waals surface area contributed by atoms with Gasteiger partial charge in [-0.3, -0.25) is 9.59 Å². The molecule has 142 valence electrons. The largest absolute Gasteiger partial charge is 0.508 e. The van der Waals surface area contributed by atoms with Gasteiger partial charge in [0.25, 0.3) is 5.91 Å². The Bertz CT molecular complexity index is 857. The second kappa shape index (κ2) is 7.94. The summed E-state index contributed by atoms with van der Waals surface area (Å²) in [4.78, 5) is 29.7. The van der Waals surface area contributed by atoms with E-state index in [0.29, 0.717) is 23.4 Å². The molecule has 1 aromatic carbocycles. The molecule has 0 saturated carbocycles. The van der Waals surface area contributed by atoms with Crippen molar-refractivity contribution >= 4 is 23.0 Å². The Morgan fingerprint density at radius 2 is 1.89 bits per heavy atom. The highest BCUT2D eigenvalue weighted by Crippen LogP contribution is 2.39. The molecule has 0 bridgehead atoms. The molecule has 27 heavy (non-hydrogen) atoms. The van der Waals surface area contributed by atoms with Crippen LogP contribution in [-0.4, -0.2) is 58.9 Å². The van der Waals surface area contributed by atoms with Crippen molar-refractivity contribution in [2.24, 2.45) is 0 Å². The summed E-state index contributed by atoms with van der Waals surface area (Å²) in [5.74, 6) is -1.27. The molecule has 1 aliphatic rings. The minimum atomic E-state index is -0.671. The summed E-state index contributed by atoms with van der Waals surface area (Å²) in [6, 6.07) is 9.14. The van der Waals surface area contributed by atoms with Crippen LogP contribution in [0.2, 0.25) is 0 Å². The van der Waals surface area contributed by atoms with Crippen LogP contribution in [0.15, 0.2) is 53.1 Å². The lowest BCUT2D eigenvalue weighted by Gasteiger charge is -2.27. The lowest BCUT2D eigenvalue weighted by Crippen LogP contribution is -2.33. The first-order valence-corrected chi connectivity index (χ1v) is 9.54. The van der Waals surface area contributed by atoms with Gasteiger partial charge in [-0.25, -0.2) is 0 Å². The number of phenolic OH excluding ortho intramolecular Hbond substituents is 1. The van der Waals surface area contributed by atoms with Gasteiger partial charge in [0.05, 0.1) is 16.5 Å². The number of hydrogen-bond acceptors (Lipinski definition) is 6. The lowest BCUT2D eigenvalue weighted by molar-refractivity contribution is -0.129. The highest BCUT2D eigenvalue weighted by molar-refractivity contribution is 7.12. The molecule has 2 heterocycles. The van der Waals surface area contributed by atoms with Crippen molar-refractivity contribution < 1.29 is 19.8 Å². The van der Waals surface area contributed by atoms with E-state index in [-0.39, 0.29) is 17.1 Å². The Balaban J connectivity index is 1.99. The number of phenols is 1. The molecular weight excluding hydrogens is 364 g/mol. The van der Waals surface area contributed by atoms with E-state index >= 15 is 0 Å². The summed E-state index contributed by atoms with van der Waals surface area (Å²) < 4.78 is 0. The van der Waals surface area contributed by atoms with Crippen molar-refractivity contribution in [1.29, 1.82) is 0 Å². The zero-order valence-electron chi connectivity index (χ0n) is 15.3. The zero-order valence-corrected chi connectivity index (χ0v) is 16.1. The SMILES string of the molecule is CN(C)CCCN1C(=O)C(O)=C(C(=O)c2cccs2)C1c1ccc(O)cc1. The van der Waals surface area contributed by atoms with Crippen LogP contribution in [0.3, 0.4) is 0 Å². The third-order valence-corrected chi connectivity index (χ3v) is 5.38. The quantitative estimate of drug-likeness (QED) is 0.715. The number of rotatable bonds is 7. The molecule has 1 aliphatic heterocycles. The van der Waals surface area contributed by atoms with Crippen LogP contribution in [0.5, 0.6) is 5.75 Å². The molecule has 0 fully saturated rings. The molecule has 1 unspecified atom stereocenters. The van der Waals surface area contributed by atoms with Crippen LogP contribution in [0, 0.1) is 0 Å². The van der Waals surface area contributed by atoms with Gasteiger partial charge in [-0.1, -0.05) is 18.2 Å². The minimum Gasteiger partial charge on any atom is -0.508 e. The Morgan fingerprint density at radius 3 is 2.48 bits per heavy atom. The van der Waals surface area contributed by atoms with E-state index in [0.717, 1.165) is 6.54 Å². The first kappa shape index (κ1) is 19.1.